The zero-order chi connectivity index (χ0) is 12.3. The Hall–Kier alpha value is -1.18. The molecule has 0 N–H and O–H groups in total. The lowest BCUT2D eigenvalue weighted by Crippen LogP contribution is -2.24. The minimum atomic E-state index is -0.151. The van der Waals surface area contributed by atoms with Crippen molar-refractivity contribution < 1.29 is 9.47 Å². The summed E-state index contributed by atoms with van der Waals surface area (Å²) in [6.45, 7) is 9.23. The molecule has 2 heteroatoms. The minimum absolute atomic E-state index is 0.151. The lowest BCUT2D eigenvalue weighted by Gasteiger charge is -2.24. The number of benzene rings is 1. The monoisotopic (exact) mass is 232 g/mol. The summed E-state index contributed by atoms with van der Waals surface area (Å²) in [6.07, 6.45) is 2.48. The number of hydrogen-bond acceptors (Lipinski definition) is 2. The van der Waals surface area contributed by atoms with Crippen LogP contribution in [-0.2, 0) is 5.41 Å². The second-order valence-corrected chi connectivity index (χ2v) is 6.37. The molecule has 17 heavy (non-hydrogen) atoms. The van der Waals surface area contributed by atoms with Gasteiger partial charge >= 0.3 is 0 Å². The molecule has 1 heterocycles. The summed E-state index contributed by atoms with van der Waals surface area (Å²) in [4.78, 5) is 0. The molecule has 0 radical (unpaired) electrons. The Morgan fingerprint density at radius 3 is 2.53 bits per heavy atom. The summed E-state index contributed by atoms with van der Waals surface area (Å²) in [5.41, 5.74) is 2.68. The van der Waals surface area contributed by atoms with E-state index in [1.165, 1.54) is 24.0 Å². The van der Waals surface area contributed by atoms with Crippen LogP contribution in [0.3, 0.4) is 0 Å². The number of fused-ring (bicyclic) bond motifs is 2. The molecule has 1 aliphatic heterocycles. The Balaban J connectivity index is 2.09. The van der Waals surface area contributed by atoms with E-state index in [-0.39, 0.29) is 11.0 Å². The maximum Gasteiger partial charge on any atom is 0.129 e. The van der Waals surface area contributed by atoms with E-state index in [0.717, 1.165) is 18.1 Å². The molecular formula is C15H20O2. The van der Waals surface area contributed by atoms with Crippen molar-refractivity contribution in [2.75, 3.05) is 6.61 Å². The van der Waals surface area contributed by atoms with Gasteiger partial charge in [0.15, 0.2) is 0 Å². The van der Waals surface area contributed by atoms with Gasteiger partial charge in [-0.1, -0.05) is 6.07 Å². The van der Waals surface area contributed by atoms with Crippen LogP contribution in [-0.4, -0.2) is 12.2 Å². The van der Waals surface area contributed by atoms with Crippen LogP contribution in [0.4, 0.5) is 0 Å². The molecule has 1 fully saturated rings. The van der Waals surface area contributed by atoms with Gasteiger partial charge in [0.2, 0.25) is 0 Å². The zero-order valence-electron chi connectivity index (χ0n) is 11.1. The molecule has 1 aromatic carbocycles. The highest BCUT2D eigenvalue weighted by Gasteiger charge is 2.53. The number of rotatable bonds is 1. The lowest BCUT2D eigenvalue weighted by molar-refractivity contribution is 0.129. The van der Waals surface area contributed by atoms with Gasteiger partial charge in [-0.2, -0.15) is 0 Å². The van der Waals surface area contributed by atoms with E-state index < -0.39 is 0 Å². The van der Waals surface area contributed by atoms with Crippen molar-refractivity contribution in [1.82, 2.24) is 0 Å². The Morgan fingerprint density at radius 2 is 1.94 bits per heavy atom. The van der Waals surface area contributed by atoms with Crippen LogP contribution in [0.15, 0.2) is 12.1 Å². The summed E-state index contributed by atoms with van der Waals surface area (Å²) in [5, 5.41) is 0. The summed E-state index contributed by atoms with van der Waals surface area (Å²) in [7, 11) is 0. The van der Waals surface area contributed by atoms with Crippen molar-refractivity contribution in [3.05, 3.63) is 23.3 Å². The predicted molar refractivity (Wildman–Crippen MR) is 68.0 cm³/mol. The fourth-order valence-electron chi connectivity index (χ4n) is 2.60. The fourth-order valence-corrected chi connectivity index (χ4v) is 2.60. The van der Waals surface area contributed by atoms with Crippen molar-refractivity contribution >= 4 is 0 Å². The molecule has 0 aromatic heterocycles. The number of ether oxygens (including phenoxy) is 2. The van der Waals surface area contributed by atoms with Crippen LogP contribution in [0.25, 0.3) is 0 Å². The van der Waals surface area contributed by atoms with E-state index in [1.807, 2.05) is 0 Å². The normalized spacial score (nSPS) is 20.0. The Kier molecular flexibility index (Phi) is 2.05. The number of hydrogen-bond donors (Lipinski definition) is 0. The molecule has 2 nitrogen and oxygen atoms in total. The largest absolute Gasteiger partial charge is 0.492 e. The van der Waals surface area contributed by atoms with Gasteiger partial charge in [0.1, 0.15) is 17.1 Å². The van der Waals surface area contributed by atoms with Gasteiger partial charge in [-0.15, -0.1) is 0 Å². The third-order valence-corrected chi connectivity index (χ3v) is 3.61. The molecule has 0 bridgehead atoms. The first-order valence-electron chi connectivity index (χ1n) is 6.37. The van der Waals surface area contributed by atoms with Crippen molar-refractivity contribution in [3.63, 3.8) is 0 Å². The molecule has 3 rings (SSSR count). The molecular weight excluding hydrogens is 212 g/mol. The highest BCUT2D eigenvalue weighted by molar-refractivity contribution is 5.58. The van der Waals surface area contributed by atoms with Crippen molar-refractivity contribution in [1.29, 1.82) is 0 Å². The lowest BCUT2D eigenvalue weighted by atomic mass is 9.95. The van der Waals surface area contributed by atoms with E-state index in [2.05, 4.69) is 39.8 Å². The average molecular weight is 232 g/mol. The molecule has 0 amide bonds. The first kappa shape index (κ1) is 10.9. The van der Waals surface area contributed by atoms with Gasteiger partial charge in [-0.3, -0.25) is 0 Å². The molecule has 1 saturated carbocycles. The van der Waals surface area contributed by atoms with Gasteiger partial charge < -0.3 is 9.47 Å². The molecule has 2 aliphatic rings. The topological polar surface area (TPSA) is 18.5 Å². The first-order valence-corrected chi connectivity index (χ1v) is 6.37. The van der Waals surface area contributed by atoms with Crippen molar-refractivity contribution in [2.24, 2.45) is 0 Å². The van der Waals surface area contributed by atoms with E-state index in [0.29, 0.717) is 0 Å². The summed E-state index contributed by atoms with van der Waals surface area (Å²) >= 11 is 0. The minimum Gasteiger partial charge on any atom is -0.492 e. The Labute approximate surface area is 103 Å². The average Bonchev–Trinajstić information content (AvgIpc) is 2.85. The maximum absolute atomic E-state index is 6.10. The van der Waals surface area contributed by atoms with Crippen LogP contribution in [0, 0.1) is 6.92 Å². The quantitative estimate of drug-likeness (QED) is 0.736. The Bertz CT molecular complexity index is 465. The molecule has 1 spiro atoms. The van der Waals surface area contributed by atoms with Gasteiger partial charge in [0.25, 0.3) is 0 Å². The van der Waals surface area contributed by atoms with Crippen LogP contribution in [0.5, 0.6) is 11.5 Å². The predicted octanol–water partition coefficient (Wildman–Crippen LogP) is 3.60. The molecule has 1 aromatic rings. The van der Waals surface area contributed by atoms with Crippen LogP contribution in [0.1, 0.15) is 44.7 Å². The van der Waals surface area contributed by atoms with Crippen molar-refractivity contribution in [2.45, 2.75) is 51.6 Å². The third kappa shape index (κ3) is 1.70. The number of aryl methyl sites for hydroxylation is 1. The second kappa shape index (κ2) is 3.18. The maximum atomic E-state index is 6.10. The third-order valence-electron chi connectivity index (χ3n) is 3.61. The smallest absolute Gasteiger partial charge is 0.129 e. The molecule has 92 valence electrons. The fraction of sp³-hybridized carbons (Fsp3) is 0.600. The van der Waals surface area contributed by atoms with Crippen LogP contribution >= 0.6 is 0 Å². The highest BCUT2D eigenvalue weighted by Crippen LogP contribution is 2.59. The van der Waals surface area contributed by atoms with E-state index in [1.54, 1.807) is 0 Å². The van der Waals surface area contributed by atoms with Gasteiger partial charge in [-0.25, -0.2) is 0 Å². The molecule has 0 atom stereocenters. The zero-order valence-corrected chi connectivity index (χ0v) is 11.1. The van der Waals surface area contributed by atoms with E-state index in [9.17, 15) is 0 Å². The van der Waals surface area contributed by atoms with E-state index in [4.69, 9.17) is 9.47 Å². The van der Waals surface area contributed by atoms with Gasteiger partial charge in [-0.05, 0) is 52.2 Å². The summed E-state index contributed by atoms with van der Waals surface area (Å²) in [5.74, 6) is 2.09. The Morgan fingerprint density at radius 1 is 1.24 bits per heavy atom. The van der Waals surface area contributed by atoms with Crippen molar-refractivity contribution in [3.8, 4) is 11.5 Å². The highest BCUT2D eigenvalue weighted by atomic mass is 16.5. The second-order valence-electron chi connectivity index (χ2n) is 6.37. The van der Waals surface area contributed by atoms with Crippen LogP contribution in [0.2, 0.25) is 0 Å². The first-order chi connectivity index (χ1) is 7.91. The van der Waals surface area contributed by atoms with E-state index >= 15 is 0 Å². The molecule has 0 unspecified atom stereocenters. The summed E-state index contributed by atoms with van der Waals surface area (Å²) < 4.78 is 12.0. The van der Waals surface area contributed by atoms with Crippen LogP contribution < -0.4 is 9.47 Å². The van der Waals surface area contributed by atoms with Gasteiger partial charge in [0, 0.05) is 11.0 Å². The summed E-state index contributed by atoms with van der Waals surface area (Å²) in [6, 6.07) is 4.20. The molecule has 0 saturated heterocycles. The standard InChI is InChI=1S/C15H20O2/c1-10-5-6-11(17-14(2,3)4)12-13(10)16-9-15(12)7-8-15/h5-6H,7-9H2,1-4H3. The SMILES string of the molecule is Cc1ccc(OC(C)(C)C)c2c1OCC21CC1. The molecule has 1 aliphatic carbocycles. The van der Waals surface area contributed by atoms with Gasteiger partial charge in [0.05, 0.1) is 6.61 Å².